The number of nitrogens with zero attached hydrogens (tertiary/aromatic N) is 1. The van der Waals surface area contributed by atoms with Crippen molar-refractivity contribution in [2.45, 2.75) is 12.8 Å². The molecule has 2 aromatic rings. The van der Waals surface area contributed by atoms with Crippen molar-refractivity contribution < 1.29 is 43.1 Å². The lowest BCUT2D eigenvalue weighted by molar-refractivity contribution is 0.0695. The highest BCUT2D eigenvalue weighted by Crippen LogP contribution is 2.60. The number of likely N-dealkylation sites (tertiary alicyclic amines) is 1. The van der Waals surface area contributed by atoms with Gasteiger partial charge in [-0.25, -0.2) is 4.79 Å². The molecular formula is C24H25Br3N2O9. The second-order valence-electron chi connectivity index (χ2n) is 8.43. The van der Waals surface area contributed by atoms with Gasteiger partial charge in [0.25, 0.3) is 5.91 Å². The Balaban J connectivity index is 0.00000336. The van der Waals surface area contributed by atoms with Crippen molar-refractivity contribution in [2.75, 3.05) is 54.0 Å². The molecule has 2 aromatic carbocycles. The van der Waals surface area contributed by atoms with E-state index < -0.39 is 11.9 Å². The first-order chi connectivity index (χ1) is 17.9. The van der Waals surface area contributed by atoms with Crippen LogP contribution in [0.15, 0.2) is 8.95 Å². The molecule has 1 amide bonds. The van der Waals surface area contributed by atoms with Crippen molar-refractivity contribution in [2.24, 2.45) is 0 Å². The normalized spacial score (nSPS) is 15.3. The Morgan fingerprint density at radius 2 is 1.34 bits per heavy atom. The zero-order valence-corrected chi connectivity index (χ0v) is 25.4. The Labute approximate surface area is 245 Å². The molecule has 3 aliphatic heterocycles. The Hall–Kier alpha value is -2.42. The van der Waals surface area contributed by atoms with Gasteiger partial charge in [0.05, 0.1) is 34.3 Å². The van der Waals surface area contributed by atoms with Gasteiger partial charge in [-0.1, -0.05) is 0 Å². The molecule has 0 bridgehead atoms. The fraction of sp³-hybridized carbons (Fsp3) is 0.417. The summed E-state index contributed by atoms with van der Waals surface area (Å²) in [6.07, 6.45) is 2.28. The molecule has 5 rings (SSSR count). The first kappa shape index (κ1) is 28.6. The summed E-state index contributed by atoms with van der Waals surface area (Å²) in [7, 11) is 2.84. The van der Waals surface area contributed by atoms with E-state index in [9.17, 15) is 14.7 Å². The number of hydrogen-bond donors (Lipinski definition) is 2. The van der Waals surface area contributed by atoms with E-state index >= 15 is 0 Å². The number of hydrogen-bond acceptors (Lipinski definition) is 9. The van der Waals surface area contributed by atoms with Crippen molar-refractivity contribution in [1.82, 2.24) is 10.2 Å². The third-order valence-corrected chi connectivity index (χ3v) is 7.95. The predicted octanol–water partition coefficient (Wildman–Crippen LogP) is 4.45. The van der Waals surface area contributed by atoms with Crippen molar-refractivity contribution in [1.29, 1.82) is 0 Å². The minimum Gasteiger partial charge on any atom is -0.492 e. The molecular weight excluding hydrogens is 700 g/mol. The molecule has 206 valence electrons. The van der Waals surface area contributed by atoms with E-state index in [2.05, 4.69) is 42.1 Å². The lowest BCUT2D eigenvalue weighted by Crippen LogP contribution is -2.34. The number of fused-ring (bicyclic) bond motifs is 2. The van der Waals surface area contributed by atoms with Crippen LogP contribution in [0, 0.1) is 0 Å². The highest BCUT2D eigenvalue weighted by molar-refractivity contribution is 9.11. The van der Waals surface area contributed by atoms with Crippen LogP contribution >= 0.6 is 48.8 Å². The van der Waals surface area contributed by atoms with E-state index in [0.717, 1.165) is 25.9 Å². The second-order valence-corrected chi connectivity index (χ2v) is 10.0. The van der Waals surface area contributed by atoms with Gasteiger partial charge < -0.3 is 43.7 Å². The zero-order chi connectivity index (χ0) is 26.3. The minimum atomic E-state index is -1.28. The van der Waals surface area contributed by atoms with Gasteiger partial charge in [-0.15, -0.1) is 17.0 Å². The topological polar surface area (TPSA) is 125 Å². The second kappa shape index (κ2) is 11.8. The zero-order valence-electron chi connectivity index (χ0n) is 20.5. The van der Waals surface area contributed by atoms with E-state index in [0.29, 0.717) is 13.1 Å². The highest BCUT2D eigenvalue weighted by Gasteiger charge is 2.40. The number of amides is 1. The van der Waals surface area contributed by atoms with Gasteiger partial charge in [-0.2, -0.15) is 0 Å². The van der Waals surface area contributed by atoms with Gasteiger partial charge in [0, 0.05) is 24.2 Å². The number of halogens is 3. The van der Waals surface area contributed by atoms with Crippen LogP contribution in [0.5, 0.6) is 34.5 Å². The Bertz CT molecular complexity index is 1280. The van der Waals surface area contributed by atoms with Crippen molar-refractivity contribution in [3.05, 3.63) is 20.1 Å². The van der Waals surface area contributed by atoms with Gasteiger partial charge in [-0.3, -0.25) is 4.79 Å². The van der Waals surface area contributed by atoms with Crippen molar-refractivity contribution in [3.8, 4) is 45.6 Å². The predicted molar refractivity (Wildman–Crippen MR) is 148 cm³/mol. The number of carbonyl (C=O) groups is 2. The fourth-order valence-electron chi connectivity index (χ4n) is 4.82. The van der Waals surface area contributed by atoms with Crippen LogP contribution in [0.4, 0.5) is 0 Å². The van der Waals surface area contributed by atoms with E-state index in [1.807, 2.05) is 0 Å². The van der Waals surface area contributed by atoms with Crippen LogP contribution in [-0.2, 0) is 0 Å². The monoisotopic (exact) mass is 722 g/mol. The summed E-state index contributed by atoms with van der Waals surface area (Å²) < 4.78 is 34.2. The maximum absolute atomic E-state index is 13.7. The lowest BCUT2D eigenvalue weighted by atomic mass is 9.91. The summed E-state index contributed by atoms with van der Waals surface area (Å²) in [5.41, 5.74) is 0.172. The number of carbonyl (C=O) groups excluding carboxylic acids is 1. The molecule has 0 spiro atoms. The Kier molecular flexibility index (Phi) is 8.85. The number of ether oxygens (including phenoxy) is 6. The molecule has 1 saturated heterocycles. The smallest absolute Gasteiger partial charge is 0.337 e. The van der Waals surface area contributed by atoms with E-state index in [1.54, 1.807) is 0 Å². The van der Waals surface area contributed by atoms with E-state index in [-0.39, 0.29) is 96.3 Å². The Morgan fingerprint density at radius 1 is 0.868 bits per heavy atom. The van der Waals surface area contributed by atoms with Crippen LogP contribution in [0.2, 0.25) is 0 Å². The maximum atomic E-state index is 13.7. The van der Waals surface area contributed by atoms with E-state index in [4.69, 9.17) is 28.4 Å². The molecule has 0 aromatic heterocycles. The average molecular weight is 725 g/mol. The van der Waals surface area contributed by atoms with Gasteiger partial charge in [-0.05, 0) is 57.8 Å². The quantitative estimate of drug-likeness (QED) is 0.404. The SMILES string of the molecule is Br.COc1c(Br)c(C(=O)O)c(-c2c3c(c(OC)c(Br)c2C(=O)NCCN2CCCC2)OCO3)c2c1OCO2. The average Bonchev–Trinajstić information content (AvgIpc) is 3.64. The molecule has 0 saturated carbocycles. The Morgan fingerprint density at radius 3 is 1.84 bits per heavy atom. The van der Waals surface area contributed by atoms with Gasteiger partial charge >= 0.3 is 5.97 Å². The molecule has 0 radical (unpaired) electrons. The first-order valence-electron chi connectivity index (χ1n) is 11.5. The number of aromatic carboxylic acids is 1. The summed E-state index contributed by atoms with van der Waals surface area (Å²) in [5, 5.41) is 13.2. The lowest BCUT2D eigenvalue weighted by Gasteiger charge is -2.22. The largest absolute Gasteiger partial charge is 0.492 e. The molecule has 2 N–H and O–H groups in total. The third kappa shape index (κ3) is 4.75. The molecule has 38 heavy (non-hydrogen) atoms. The van der Waals surface area contributed by atoms with Gasteiger partial charge in [0.1, 0.15) is 0 Å². The van der Waals surface area contributed by atoms with Gasteiger partial charge in [0.15, 0.2) is 23.0 Å². The first-order valence-corrected chi connectivity index (χ1v) is 13.1. The molecule has 3 heterocycles. The highest BCUT2D eigenvalue weighted by atomic mass is 79.9. The number of carboxylic acids is 1. The van der Waals surface area contributed by atoms with Crippen LogP contribution < -0.4 is 33.7 Å². The van der Waals surface area contributed by atoms with Crippen molar-refractivity contribution >= 4 is 60.7 Å². The summed E-state index contributed by atoms with van der Waals surface area (Å²) in [5.74, 6) is -0.624. The van der Waals surface area contributed by atoms with Gasteiger partial charge in [0.2, 0.25) is 25.1 Å². The number of rotatable bonds is 8. The summed E-state index contributed by atoms with van der Waals surface area (Å²) in [4.78, 5) is 28.6. The number of methoxy groups -OCH3 is 2. The molecule has 0 aliphatic carbocycles. The molecule has 0 unspecified atom stereocenters. The number of nitrogens with one attached hydrogen (secondary N) is 1. The summed E-state index contributed by atoms with van der Waals surface area (Å²) in [6.45, 7) is 2.77. The number of carboxylic acid groups (broad SMARTS) is 1. The summed E-state index contributed by atoms with van der Waals surface area (Å²) in [6, 6.07) is 0. The molecule has 1 fully saturated rings. The summed E-state index contributed by atoms with van der Waals surface area (Å²) >= 11 is 6.86. The standard InChI is InChI=1S/C24H24Br2N2O9.BrH/c1-32-19-15(25)13(23(29)27-5-8-28-6-3-4-7-28)11(17-21(19)36-9-34-17)12-14(24(30)31)16(26)20(33-2)22-18(12)35-10-37-22;/h3-10H2,1-2H3,(H,27,29)(H,30,31);1H. The van der Waals surface area contributed by atoms with Crippen LogP contribution in [0.1, 0.15) is 33.6 Å². The maximum Gasteiger partial charge on any atom is 0.337 e. The molecule has 11 nitrogen and oxygen atoms in total. The van der Waals surface area contributed by atoms with E-state index in [1.165, 1.54) is 14.2 Å². The van der Waals surface area contributed by atoms with Crippen LogP contribution in [0.25, 0.3) is 11.1 Å². The van der Waals surface area contributed by atoms with Crippen LogP contribution in [0.3, 0.4) is 0 Å². The molecule has 0 atom stereocenters. The third-order valence-electron chi connectivity index (χ3n) is 6.44. The minimum absolute atomic E-state index is 0. The fourth-order valence-corrected chi connectivity index (χ4v) is 6.25. The number of benzene rings is 2. The molecule has 14 heteroatoms. The molecule has 3 aliphatic rings. The van der Waals surface area contributed by atoms with Crippen molar-refractivity contribution in [3.63, 3.8) is 0 Å². The van der Waals surface area contributed by atoms with Crippen LogP contribution in [-0.4, -0.2) is 75.9 Å².